The average molecular weight is 320 g/mol. The molecular weight excluding hydrogens is 308 g/mol. The Morgan fingerprint density at radius 3 is 3.05 bits per heavy atom. The van der Waals surface area contributed by atoms with Crippen molar-refractivity contribution in [3.05, 3.63) is 29.2 Å². The van der Waals surface area contributed by atoms with Crippen LogP contribution in [0.2, 0.25) is 0 Å². The summed E-state index contributed by atoms with van der Waals surface area (Å²) in [6.45, 7) is 3.78. The maximum atomic E-state index is 12.0. The van der Waals surface area contributed by atoms with Crippen LogP contribution in [-0.2, 0) is 4.79 Å². The summed E-state index contributed by atoms with van der Waals surface area (Å²) in [6, 6.07) is 5.31. The van der Waals surface area contributed by atoms with Gasteiger partial charge in [-0.25, -0.2) is 0 Å². The van der Waals surface area contributed by atoms with E-state index >= 15 is 0 Å². The Bertz CT molecular complexity index is 712. The predicted molar refractivity (Wildman–Crippen MR) is 82.0 cm³/mol. The summed E-state index contributed by atoms with van der Waals surface area (Å²) in [6.07, 6.45) is 1.39. The molecule has 0 saturated heterocycles. The lowest BCUT2D eigenvalue weighted by molar-refractivity contribution is -0.112. The number of carbonyl (C=O) groups excluding carboxylic acids is 1. The zero-order chi connectivity index (χ0) is 15.2. The van der Waals surface area contributed by atoms with Gasteiger partial charge < -0.3 is 4.42 Å². The molecule has 8 heteroatoms. The molecule has 0 atom stereocenters. The third-order valence-electron chi connectivity index (χ3n) is 2.31. The quantitative estimate of drug-likeness (QED) is 0.517. The van der Waals surface area contributed by atoms with Crippen LogP contribution in [0.25, 0.3) is 6.08 Å². The van der Waals surface area contributed by atoms with Gasteiger partial charge in [0.05, 0.1) is 0 Å². The lowest BCUT2D eigenvalue weighted by Gasteiger charge is -1.98. The highest BCUT2D eigenvalue weighted by atomic mass is 32.2. The summed E-state index contributed by atoms with van der Waals surface area (Å²) in [5, 5.41) is 12.6. The second-order valence-corrected chi connectivity index (χ2v) is 5.87. The summed E-state index contributed by atoms with van der Waals surface area (Å²) >= 11 is 2.57. The number of nitrogens with one attached hydrogen (secondary N) is 1. The second kappa shape index (κ2) is 7.06. The number of anilines is 1. The molecule has 0 spiro atoms. The van der Waals surface area contributed by atoms with Crippen LogP contribution in [0.5, 0.6) is 0 Å². The van der Waals surface area contributed by atoms with Crippen molar-refractivity contribution in [1.29, 1.82) is 5.26 Å². The Morgan fingerprint density at radius 1 is 1.62 bits per heavy atom. The summed E-state index contributed by atoms with van der Waals surface area (Å²) < 4.78 is 9.41. The highest BCUT2D eigenvalue weighted by Crippen LogP contribution is 2.20. The van der Waals surface area contributed by atoms with Crippen molar-refractivity contribution in [3.63, 3.8) is 0 Å². The molecule has 0 bridgehead atoms. The number of hydrogen-bond donors (Lipinski definition) is 1. The highest BCUT2D eigenvalue weighted by molar-refractivity contribution is 7.99. The Labute approximate surface area is 130 Å². The number of nitriles is 1. The number of rotatable bonds is 5. The van der Waals surface area contributed by atoms with Gasteiger partial charge in [0, 0.05) is 17.6 Å². The van der Waals surface area contributed by atoms with E-state index in [1.165, 1.54) is 17.8 Å². The van der Waals surface area contributed by atoms with E-state index < -0.39 is 5.91 Å². The van der Waals surface area contributed by atoms with Crippen LogP contribution >= 0.6 is 23.3 Å². The standard InChI is InChI=1S/C13H12N4O2S2/c1-3-20-13-16-12(21-17-13)15-11(18)9(7-14)6-10-5-4-8(2)19-10/h4-6H,3H2,1-2H3,(H,15,16,17,18)/b9-6-. The van der Waals surface area contributed by atoms with Gasteiger partial charge in [0.25, 0.3) is 5.91 Å². The Morgan fingerprint density at radius 2 is 2.43 bits per heavy atom. The molecule has 0 fully saturated rings. The summed E-state index contributed by atoms with van der Waals surface area (Å²) in [5.41, 5.74) is -0.0516. The first-order chi connectivity index (χ1) is 10.1. The van der Waals surface area contributed by atoms with E-state index in [0.29, 0.717) is 21.8 Å². The van der Waals surface area contributed by atoms with Gasteiger partial charge in [-0.2, -0.15) is 14.6 Å². The number of carbonyl (C=O) groups is 1. The summed E-state index contributed by atoms with van der Waals surface area (Å²) in [5.74, 6) is 1.49. The molecule has 2 rings (SSSR count). The third kappa shape index (κ3) is 4.18. The average Bonchev–Trinajstić information content (AvgIpc) is 3.06. The van der Waals surface area contributed by atoms with E-state index in [1.54, 1.807) is 19.1 Å². The van der Waals surface area contributed by atoms with E-state index in [0.717, 1.165) is 17.3 Å². The first-order valence-electron chi connectivity index (χ1n) is 6.08. The van der Waals surface area contributed by atoms with Crippen LogP contribution in [0.4, 0.5) is 5.13 Å². The van der Waals surface area contributed by atoms with Crippen molar-refractivity contribution < 1.29 is 9.21 Å². The molecule has 108 valence electrons. The Kier molecular flexibility index (Phi) is 5.14. The van der Waals surface area contributed by atoms with Gasteiger partial charge in [-0.1, -0.05) is 18.7 Å². The summed E-state index contributed by atoms with van der Waals surface area (Å²) in [7, 11) is 0. The van der Waals surface area contributed by atoms with Crippen LogP contribution in [0, 0.1) is 18.3 Å². The van der Waals surface area contributed by atoms with Crippen molar-refractivity contribution in [2.24, 2.45) is 0 Å². The zero-order valence-electron chi connectivity index (χ0n) is 11.4. The smallest absolute Gasteiger partial charge is 0.268 e. The van der Waals surface area contributed by atoms with E-state index in [1.807, 2.05) is 13.0 Å². The lowest BCUT2D eigenvalue weighted by Crippen LogP contribution is -2.13. The molecule has 2 aromatic rings. The molecule has 2 heterocycles. The van der Waals surface area contributed by atoms with Gasteiger partial charge >= 0.3 is 0 Å². The number of aromatic nitrogens is 2. The van der Waals surface area contributed by atoms with E-state index in [-0.39, 0.29) is 5.57 Å². The number of hydrogen-bond acceptors (Lipinski definition) is 7. The molecule has 0 radical (unpaired) electrons. The highest BCUT2D eigenvalue weighted by Gasteiger charge is 2.13. The maximum Gasteiger partial charge on any atom is 0.268 e. The normalized spacial score (nSPS) is 11.2. The van der Waals surface area contributed by atoms with Gasteiger partial charge in [-0.05, 0) is 24.8 Å². The SMILES string of the molecule is CCSc1nsc(NC(=O)/C(C#N)=C\c2ccc(C)o2)n1. The Hall–Kier alpha value is -2.11. The topological polar surface area (TPSA) is 91.8 Å². The molecule has 0 unspecified atom stereocenters. The minimum Gasteiger partial charge on any atom is -0.462 e. The van der Waals surface area contributed by atoms with E-state index in [9.17, 15) is 4.79 Å². The molecule has 0 aliphatic heterocycles. The fourth-order valence-electron chi connectivity index (χ4n) is 1.43. The van der Waals surface area contributed by atoms with Crippen molar-refractivity contribution >= 4 is 40.4 Å². The molecule has 1 N–H and O–H groups in total. The zero-order valence-corrected chi connectivity index (χ0v) is 13.0. The summed E-state index contributed by atoms with van der Waals surface area (Å²) in [4.78, 5) is 16.2. The van der Waals surface area contributed by atoms with Crippen molar-refractivity contribution in [3.8, 4) is 6.07 Å². The van der Waals surface area contributed by atoms with E-state index in [2.05, 4.69) is 14.7 Å². The third-order valence-corrected chi connectivity index (χ3v) is 3.79. The lowest BCUT2D eigenvalue weighted by atomic mass is 10.2. The maximum absolute atomic E-state index is 12.0. The fourth-order valence-corrected chi connectivity index (χ4v) is 2.70. The first kappa shape index (κ1) is 15.3. The predicted octanol–water partition coefficient (Wildman–Crippen LogP) is 3.10. The monoisotopic (exact) mass is 320 g/mol. The van der Waals surface area contributed by atoms with Crippen LogP contribution in [-0.4, -0.2) is 21.0 Å². The number of nitrogens with zero attached hydrogens (tertiary/aromatic N) is 3. The second-order valence-electron chi connectivity index (χ2n) is 3.89. The van der Waals surface area contributed by atoms with Gasteiger partial charge in [-0.15, -0.1) is 0 Å². The molecule has 0 saturated carbocycles. The van der Waals surface area contributed by atoms with Crippen molar-refractivity contribution in [1.82, 2.24) is 9.36 Å². The number of furan rings is 1. The Balaban J connectivity index is 2.09. The van der Waals surface area contributed by atoms with Gasteiger partial charge in [-0.3, -0.25) is 10.1 Å². The number of aryl methyl sites for hydroxylation is 1. The first-order valence-corrected chi connectivity index (χ1v) is 7.84. The van der Waals surface area contributed by atoms with Crippen molar-refractivity contribution in [2.75, 3.05) is 11.1 Å². The molecule has 21 heavy (non-hydrogen) atoms. The minimum absolute atomic E-state index is 0.0516. The molecule has 2 aromatic heterocycles. The van der Waals surface area contributed by atoms with Crippen LogP contribution in [0.15, 0.2) is 27.3 Å². The van der Waals surface area contributed by atoms with Gasteiger partial charge in [0.2, 0.25) is 10.3 Å². The number of thioether (sulfide) groups is 1. The molecule has 0 aliphatic carbocycles. The largest absolute Gasteiger partial charge is 0.462 e. The van der Waals surface area contributed by atoms with Crippen LogP contribution < -0.4 is 5.32 Å². The minimum atomic E-state index is -0.532. The fraction of sp³-hybridized carbons (Fsp3) is 0.231. The van der Waals surface area contributed by atoms with Gasteiger partial charge in [0.1, 0.15) is 23.2 Å². The molecule has 1 amide bonds. The van der Waals surface area contributed by atoms with E-state index in [4.69, 9.17) is 9.68 Å². The number of amides is 1. The van der Waals surface area contributed by atoms with Crippen molar-refractivity contribution in [2.45, 2.75) is 19.0 Å². The van der Waals surface area contributed by atoms with Crippen LogP contribution in [0.1, 0.15) is 18.4 Å². The molecule has 0 aromatic carbocycles. The van der Waals surface area contributed by atoms with Crippen LogP contribution in [0.3, 0.4) is 0 Å². The molecular formula is C13H12N4O2S2. The molecule has 6 nitrogen and oxygen atoms in total. The molecule has 0 aliphatic rings. The van der Waals surface area contributed by atoms with Gasteiger partial charge in [0.15, 0.2) is 0 Å².